The van der Waals surface area contributed by atoms with E-state index >= 15 is 0 Å². The molecule has 3 aromatic carbocycles. The summed E-state index contributed by atoms with van der Waals surface area (Å²) in [5.41, 5.74) is 0.646. The fourth-order valence-electron chi connectivity index (χ4n) is 3.13. The van der Waals surface area contributed by atoms with E-state index in [0.29, 0.717) is 5.02 Å². The molecule has 3 aromatic rings. The first-order chi connectivity index (χ1) is 13.8. The van der Waals surface area contributed by atoms with Gasteiger partial charge >= 0.3 is 0 Å². The molecule has 6 nitrogen and oxygen atoms in total. The molecule has 0 fully saturated rings. The van der Waals surface area contributed by atoms with E-state index in [1.165, 1.54) is 49.6 Å². The molecule has 0 unspecified atom stereocenters. The molecule has 2 amide bonds. The number of halogens is 1. The number of carbonyl (C=O) groups is 2. The van der Waals surface area contributed by atoms with Crippen molar-refractivity contribution in [1.29, 1.82) is 0 Å². The lowest BCUT2D eigenvalue weighted by Gasteiger charge is -2.17. The van der Waals surface area contributed by atoms with Crippen molar-refractivity contribution in [2.45, 2.75) is 9.79 Å². The number of amides is 2. The van der Waals surface area contributed by atoms with Gasteiger partial charge < -0.3 is 4.74 Å². The van der Waals surface area contributed by atoms with E-state index in [0.717, 1.165) is 4.90 Å². The van der Waals surface area contributed by atoms with Crippen molar-refractivity contribution < 1.29 is 22.7 Å². The van der Waals surface area contributed by atoms with Crippen molar-refractivity contribution in [3.05, 3.63) is 82.9 Å². The van der Waals surface area contributed by atoms with Crippen molar-refractivity contribution in [3.63, 3.8) is 0 Å². The van der Waals surface area contributed by atoms with Gasteiger partial charge in [0.15, 0.2) is 0 Å². The van der Waals surface area contributed by atoms with E-state index in [2.05, 4.69) is 0 Å². The van der Waals surface area contributed by atoms with Gasteiger partial charge in [-0.2, -0.15) is 0 Å². The number of hydrogen-bond donors (Lipinski definition) is 0. The Morgan fingerprint density at radius 3 is 1.97 bits per heavy atom. The van der Waals surface area contributed by atoms with E-state index < -0.39 is 21.7 Å². The third-order valence-corrected chi connectivity index (χ3v) is 6.59. The van der Waals surface area contributed by atoms with Crippen LogP contribution in [0.1, 0.15) is 20.7 Å². The molecule has 0 saturated carbocycles. The molecule has 29 heavy (non-hydrogen) atoms. The van der Waals surface area contributed by atoms with Crippen molar-refractivity contribution in [2.75, 3.05) is 12.0 Å². The number of fused-ring (bicyclic) bond motifs is 1. The molecule has 0 aliphatic carbocycles. The van der Waals surface area contributed by atoms with Crippen LogP contribution in [0.5, 0.6) is 5.75 Å². The van der Waals surface area contributed by atoms with Gasteiger partial charge in [0.1, 0.15) is 5.75 Å². The lowest BCUT2D eigenvalue weighted by Crippen LogP contribution is -2.29. The topological polar surface area (TPSA) is 80.8 Å². The Balaban J connectivity index is 1.84. The standard InChI is InChI=1S/C21H14ClNO5S/c1-28-15-10-14(23-20(24)18-4-2-3-5-19(18)21(23)25)11-17(12-15)29(26,27)16-8-6-13(22)7-9-16/h2-12H,1H3. The summed E-state index contributed by atoms with van der Waals surface area (Å²) in [4.78, 5) is 26.4. The predicted molar refractivity (Wildman–Crippen MR) is 107 cm³/mol. The van der Waals surface area contributed by atoms with E-state index in [1.54, 1.807) is 24.3 Å². The highest BCUT2D eigenvalue weighted by molar-refractivity contribution is 7.91. The van der Waals surface area contributed by atoms with Gasteiger partial charge in [-0.25, -0.2) is 13.3 Å². The van der Waals surface area contributed by atoms with E-state index in [-0.39, 0.29) is 32.4 Å². The summed E-state index contributed by atoms with van der Waals surface area (Å²) < 4.78 is 31.4. The fraction of sp³-hybridized carbons (Fsp3) is 0.0476. The van der Waals surface area contributed by atoms with Gasteiger partial charge in [-0.3, -0.25) is 9.59 Å². The Kier molecular flexibility index (Phi) is 4.64. The smallest absolute Gasteiger partial charge is 0.266 e. The molecule has 0 bridgehead atoms. The number of hydrogen-bond acceptors (Lipinski definition) is 5. The Hall–Kier alpha value is -3.16. The van der Waals surface area contributed by atoms with Gasteiger partial charge in [0.05, 0.1) is 33.7 Å². The zero-order valence-corrected chi connectivity index (χ0v) is 16.7. The summed E-state index contributed by atoms with van der Waals surface area (Å²) >= 11 is 5.85. The van der Waals surface area contributed by atoms with Crippen molar-refractivity contribution >= 4 is 38.9 Å². The zero-order valence-electron chi connectivity index (χ0n) is 15.1. The number of nitrogens with zero attached hydrogens (tertiary/aromatic N) is 1. The minimum Gasteiger partial charge on any atom is -0.497 e. The highest BCUT2D eigenvalue weighted by Crippen LogP contribution is 2.34. The van der Waals surface area contributed by atoms with Crippen LogP contribution in [0.25, 0.3) is 0 Å². The van der Waals surface area contributed by atoms with Crippen LogP contribution in [0.4, 0.5) is 5.69 Å². The molecule has 0 aromatic heterocycles. The summed E-state index contributed by atoms with van der Waals surface area (Å²) in [5.74, 6) is -0.839. The fourth-order valence-corrected chi connectivity index (χ4v) is 4.57. The van der Waals surface area contributed by atoms with Gasteiger partial charge in [0.25, 0.3) is 11.8 Å². The normalized spacial score (nSPS) is 13.5. The van der Waals surface area contributed by atoms with Gasteiger partial charge in [-0.1, -0.05) is 23.7 Å². The number of anilines is 1. The van der Waals surface area contributed by atoms with Gasteiger partial charge in [0, 0.05) is 11.1 Å². The van der Waals surface area contributed by atoms with Gasteiger partial charge in [-0.05, 0) is 48.5 Å². The molecule has 146 valence electrons. The van der Waals surface area contributed by atoms with E-state index in [4.69, 9.17) is 16.3 Å². The Bertz CT molecular complexity index is 1220. The molecule has 0 spiro atoms. The first-order valence-electron chi connectivity index (χ1n) is 8.50. The molecule has 0 atom stereocenters. The lowest BCUT2D eigenvalue weighted by atomic mass is 10.1. The summed E-state index contributed by atoms with van der Waals surface area (Å²) in [7, 11) is -2.56. The van der Waals surface area contributed by atoms with E-state index in [9.17, 15) is 18.0 Å². The molecule has 0 saturated heterocycles. The number of sulfone groups is 1. The van der Waals surface area contributed by atoms with Crippen LogP contribution < -0.4 is 9.64 Å². The summed E-state index contributed by atoms with van der Waals surface area (Å²) in [6, 6.07) is 16.2. The quantitative estimate of drug-likeness (QED) is 0.588. The Labute approximate surface area is 172 Å². The van der Waals surface area contributed by atoms with Crippen LogP contribution in [-0.2, 0) is 9.84 Å². The Morgan fingerprint density at radius 1 is 0.828 bits per heavy atom. The minimum atomic E-state index is -3.93. The van der Waals surface area contributed by atoms with Crippen LogP contribution in [0, 0.1) is 0 Å². The number of ether oxygens (including phenoxy) is 1. The number of methoxy groups -OCH3 is 1. The molecule has 1 aliphatic rings. The predicted octanol–water partition coefficient (Wildman–Crippen LogP) is 3.98. The highest BCUT2D eigenvalue weighted by atomic mass is 35.5. The van der Waals surface area contributed by atoms with Crippen LogP contribution in [-0.4, -0.2) is 27.3 Å². The van der Waals surface area contributed by atoms with Crippen LogP contribution in [0.2, 0.25) is 5.02 Å². The minimum absolute atomic E-state index is 0.0310. The summed E-state index contributed by atoms with van der Waals surface area (Å²) in [6.07, 6.45) is 0. The second kappa shape index (κ2) is 7.02. The molecule has 0 radical (unpaired) electrons. The summed E-state index contributed by atoms with van der Waals surface area (Å²) in [5, 5.41) is 0.404. The first-order valence-corrected chi connectivity index (χ1v) is 10.4. The average molecular weight is 428 g/mol. The van der Waals surface area contributed by atoms with Crippen molar-refractivity contribution in [1.82, 2.24) is 0 Å². The zero-order chi connectivity index (χ0) is 20.8. The van der Waals surface area contributed by atoms with Crippen molar-refractivity contribution in [3.8, 4) is 5.75 Å². The second-order valence-corrected chi connectivity index (χ2v) is 8.70. The lowest BCUT2D eigenvalue weighted by molar-refractivity contribution is 0.0926. The maximum atomic E-state index is 13.1. The molecular formula is C21H14ClNO5S. The number of rotatable bonds is 4. The number of imide groups is 1. The maximum absolute atomic E-state index is 13.1. The maximum Gasteiger partial charge on any atom is 0.266 e. The average Bonchev–Trinajstić information content (AvgIpc) is 2.98. The monoisotopic (exact) mass is 427 g/mol. The summed E-state index contributed by atoms with van der Waals surface area (Å²) in [6.45, 7) is 0. The van der Waals surface area contributed by atoms with Crippen LogP contribution >= 0.6 is 11.6 Å². The Morgan fingerprint density at radius 2 is 1.41 bits per heavy atom. The third kappa shape index (κ3) is 3.18. The number of carbonyl (C=O) groups excluding carboxylic acids is 2. The third-order valence-electron chi connectivity index (χ3n) is 4.59. The molecule has 4 rings (SSSR count). The molecule has 1 aliphatic heterocycles. The highest BCUT2D eigenvalue weighted by Gasteiger charge is 2.37. The van der Waals surface area contributed by atoms with Gasteiger partial charge in [-0.15, -0.1) is 0 Å². The van der Waals surface area contributed by atoms with Crippen LogP contribution in [0.3, 0.4) is 0 Å². The van der Waals surface area contributed by atoms with E-state index in [1.807, 2.05) is 0 Å². The van der Waals surface area contributed by atoms with Gasteiger partial charge in [0.2, 0.25) is 9.84 Å². The first kappa shape index (κ1) is 19.2. The molecular weight excluding hydrogens is 414 g/mol. The largest absolute Gasteiger partial charge is 0.497 e. The van der Waals surface area contributed by atoms with Crippen LogP contribution in [0.15, 0.2) is 76.5 Å². The second-order valence-electron chi connectivity index (χ2n) is 6.32. The number of benzene rings is 3. The van der Waals surface area contributed by atoms with Crippen molar-refractivity contribution in [2.24, 2.45) is 0 Å². The molecule has 8 heteroatoms. The SMILES string of the molecule is COc1cc(N2C(=O)c3ccccc3C2=O)cc(S(=O)(=O)c2ccc(Cl)cc2)c1. The molecule has 1 heterocycles. The molecule has 0 N–H and O–H groups in total.